The molecule has 3 fully saturated rings. The number of nitrogens with zero attached hydrogens (tertiary/aromatic N) is 1. The van der Waals surface area contributed by atoms with Crippen molar-refractivity contribution >= 4 is 27.6 Å². The summed E-state index contributed by atoms with van der Waals surface area (Å²) < 4.78 is 52.6. The third kappa shape index (κ3) is 9.61. The van der Waals surface area contributed by atoms with E-state index in [1.807, 2.05) is 44.2 Å². The molecule has 0 spiro atoms. The predicted octanol–water partition coefficient (Wildman–Crippen LogP) is 4.57. The molecule has 270 valence electrons. The van der Waals surface area contributed by atoms with Crippen LogP contribution in [-0.2, 0) is 45.0 Å². The van der Waals surface area contributed by atoms with Crippen LogP contribution in [-0.4, -0.2) is 81.2 Å². The summed E-state index contributed by atoms with van der Waals surface area (Å²) in [4.78, 5) is 25.2. The summed E-state index contributed by atoms with van der Waals surface area (Å²) in [6, 6.07) is 15.6. The number of hydrogen-bond donors (Lipinski definition) is 2. The number of benzene rings is 2. The number of carbonyl (C=O) groups excluding carboxylic acids is 2. The van der Waals surface area contributed by atoms with E-state index in [1.165, 1.54) is 16.4 Å². The summed E-state index contributed by atoms with van der Waals surface area (Å²) in [5, 5.41) is 11.9. The molecule has 0 radical (unpaired) electrons. The monoisotopic (exact) mass is 700 g/mol. The fourth-order valence-electron chi connectivity index (χ4n) is 7.47. The van der Waals surface area contributed by atoms with Crippen LogP contribution in [0.2, 0.25) is 0 Å². The minimum atomic E-state index is -4.06. The van der Waals surface area contributed by atoms with Gasteiger partial charge in [-0.25, -0.2) is 8.42 Å². The normalized spacial score (nSPS) is 24.5. The highest BCUT2D eigenvalue weighted by Gasteiger charge is 2.56. The number of fused-ring (bicyclic) bond motifs is 1. The smallest absolute Gasteiger partial charge is 0.306 e. The van der Waals surface area contributed by atoms with Gasteiger partial charge in [0, 0.05) is 48.9 Å². The van der Waals surface area contributed by atoms with Crippen LogP contribution < -0.4 is 5.73 Å². The summed E-state index contributed by atoms with van der Waals surface area (Å²) in [5.41, 5.74) is 6.75. The molecule has 2 saturated heterocycles. The van der Waals surface area contributed by atoms with Crippen LogP contribution in [0.3, 0.4) is 0 Å². The van der Waals surface area contributed by atoms with Gasteiger partial charge >= 0.3 is 11.9 Å². The maximum Gasteiger partial charge on any atom is 0.306 e. The number of esters is 2. The first-order valence-electron chi connectivity index (χ1n) is 17.5. The molecule has 2 bridgehead atoms. The van der Waals surface area contributed by atoms with Crippen molar-refractivity contribution in [2.24, 2.45) is 29.1 Å². The number of nitrogen functional groups attached to an aromatic ring is 1. The Bertz CT molecular complexity index is 1500. The minimum absolute atomic E-state index is 0.0712. The summed E-state index contributed by atoms with van der Waals surface area (Å²) in [6.07, 6.45) is 1.87. The van der Waals surface area contributed by atoms with Gasteiger partial charge in [-0.2, -0.15) is 4.31 Å². The van der Waals surface area contributed by atoms with E-state index in [-0.39, 0.29) is 60.5 Å². The summed E-state index contributed by atoms with van der Waals surface area (Å²) in [5.74, 6) is -0.829. The number of nitrogens with two attached hydrogens (primary N) is 1. The Morgan fingerprint density at radius 2 is 1.73 bits per heavy atom. The zero-order valence-electron chi connectivity index (χ0n) is 28.9. The molecule has 49 heavy (non-hydrogen) atoms. The summed E-state index contributed by atoms with van der Waals surface area (Å²) >= 11 is 0. The average Bonchev–Trinajstić information content (AvgIpc) is 3.60. The second kappa shape index (κ2) is 16.3. The van der Waals surface area contributed by atoms with Crippen molar-refractivity contribution in [3.05, 3.63) is 60.2 Å². The molecule has 2 aliphatic heterocycles. The number of rotatable bonds is 18. The lowest BCUT2D eigenvalue weighted by atomic mass is 9.86. The van der Waals surface area contributed by atoms with E-state index >= 15 is 0 Å². The maximum atomic E-state index is 14.2. The number of unbranched alkanes of at least 4 members (excludes halogenated alkanes) is 1. The van der Waals surface area contributed by atoms with Gasteiger partial charge in [-0.15, -0.1) is 0 Å². The fourth-order valence-corrected chi connectivity index (χ4v) is 9.12. The summed E-state index contributed by atoms with van der Waals surface area (Å²) in [6.45, 7) is 6.94. The number of sulfonamides is 1. The first-order valence-corrected chi connectivity index (χ1v) is 19.0. The Hall–Kier alpha value is -3.03. The molecule has 2 aromatic carbocycles. The maximum absolute atomic E-state index is 14.2. The second-order valence-electron chi connectivity index (χ2n) is 14.6. The lowest BCUT2D eigenvalue weighted by Crippen LogP contribution is -2.45. The van der Waals surface area contributed by atoms with E-state index in [1.54, 1.807) is 19.1 Å². The number of carbonyl (C=O) groups is 2. The quantitative estimate of drug-likeness (QED) is 0.128. The van der Waals surface area contributed by atoms with Gasteiger partial charge in [0.25, 0.3) is 0 Å². The van der Waals surface area contributed by atoms with E-state index < -0.39 is 33.4 Å². The van der Waals surface area contributed by atoms with Gasteiger partial charge in [0.15, 0.2) is 6.29 Å². The third-order valence-electron chi connectivity index (χ3n) is 10.2. The zero-order valence-corrected chi connectivity index (χ0v) is 29.7. The molecular weight excluding hydrogens is 648 g/mol. The number of hydrogen-bond acceptors (Lipinski definition) is 10. The number of aliphatic hydroxyl groups excluding tert-OH is 1. The van der Waals surface area contributed by atoms with Crippen molar-refractivity contribution in [3.63, 3.8) is 0 Å². The highest BCUT2D eigenvalue weighted by Crippen LogP contribution is 2.49. The van der Waals surface area contributed by atoms with E-state index in [4.69, 9.17) is 24.7 Å². The molecule has 5 rings (SSSR count). The Kier molecular flexibility index (Phi) is 12.4. The number of anilines is 1. The van der Waals surface area contributed by atoms with Gasteiger partial charge in [0.1, 0.15) is 6.10 Å². The second-order valence-corrected chi connectivity index (χ2v) is 16.5. The molecule has 1 aliphatic carbocycles. The Morgan fingerprint density at radius 3 is 2.45 bits per heavy atom. The van der Waals surface area contributed by atoms with Crippen molar-refractivity contribution in [1.29, 1.82) is 0 Å². The van der Waals surface area contributed by atoms with Crippen LogP contribution in [0, 0.1) is 29.1 Å². The largest absolute Gasteiger partial charge is 0.466 e. The highest BCUT2D eigenvalue weighted by atomic mass is 32.2. The van der Waals surface area contributed by atoms with Gasteiger partial charge in [-0.05, 0) is 67.3 Å². The fraction of sp³-hybridized carbons (Fsp3) is 0.622. The molecule has 2 heterocycles. The van der Waals surface area contributed by atoms with Crippen LogP contribution in [0.5, 0.6) is 0 Å². The molecule has 0 aromatic heterocycles. The zero-order chi connectivity index (χ0) is 35.2. The molecule has 3 aliphatic rings. The minimum Gasteiger partial charge on any atom is -0.466 e. The van der Waals surface area contributed by atoms with Gasteiger partial charge in [-0.3, -0.25) is 9.59 Å². The van der Waals surface area contributed by atoms with Crippen LogP contribution in [0.1, 0.15) is 64.9 Å². The molecule has 2 aromatic rings. The first kappa shape index (κ1) is 37.2. The predicted molar refractivity (Wildman–Crippen MR) is 183 cm³/mol. The lowest BCUT2D eigenvalue weighted by molar-refractivity contribution is -0.178. The number of ether oxygens (including phenoxy) is 4. The SMILES string of the molecule is CCC(=O)OCCCCC(C)(C)CN(C[C@@H](O)[C@@H](CC(=O)OC1C2COC3OCC1C3C2)Cc1ccccc1)S(=O)(=O)c1ccc(N)cc1. The van der Waals surface area contributed by atoms with Gasteiger partial charge in [0.2, 0.25) is 10.0 Å². The summed E-state index contributed by atoms with van der Waals surface area (Å²) in [7, 11) is -4.06. The Balaban J connectivity index is 1.32. The van der Waals surface area contributed by atoms with E-state index in [0.29, 0.717) is 51.2 Å². The van der Waals surface area contributed by atoms with Crippen LogP contribution in [0.15, 0.2) is 59.5 Å². The van der Waals surface area contributed by atoms with Crippen molar-refractivity contribution in [1.82, 2.24) is 4.31 Å². The highest BCUT2D eigenvalue weighted by molar-refractivity contribution is 7.89. The molecule has 5 unspecified atom stereocenters. The van der Waals surface area contributed by atoms with Crippen LogP contribution in [0.4, 0.5) is 5.69 Å². The van der Waals surface area contributed by atoms with Crippen molar-refractivity contribution in [2.45, 2.75) is 89.1 Å². The van der Waals surface area contributed by atoms with Crippen molar-refractivity contribution < 1.29 is 42.1 Å². The Labute approximate surface area is 290 Å². The first-order chi connectivity index (χ1) is 23.4. The van der Waals surface area contributed by atoms with Crippen molar-refractivity contribution in [2.75, 3.05) is 38.6 Å². The van der Waals surface area contributed by atoms with E-state index in [0.717, 1.165) is 18.4 Å². The topological polar surface area (TPSA) is 155 Å². The molecule has 7 atom stereocenters. The van der Waals surface area contributed by atoms with Crippen molar-refractivity contribution in [3.8, 4) is 0 Å². The van der Waals surface area contributed by atoms with Gasteiger partial charge in [0.05, 0.1) is 37.2 Å². The molecule has 12 heteroatoms. The molecule has 0 amide bonds. The lowest BCUT2D eigenvalue weighted by Gasteiger charge is -2.35. The molecular formula is C37H52N2O9S. The molecule has 1 saturated carbocycles. The standard InChI is InChI=1S/C37H52N2O9S/c1-4-33(41)45-17-9-8-16-37(2,3)24-39(49(43,44)29-14-12-28(38)13-15-29)21-32(40)26(18-25-10-6-5-7-11-25)20-34(42)48-35-27-19-30-31(35)23-47-36(30)46-22-27/h5-7,10-15,26-27,30-32,35-36,40H,4,8-9,16-24,38H2,1-3H3/t26-,27?,30?,31?,32-,35?,36?/m1/s1. The third-order valence-corrected chi connectivity index (χ3v) is 12.0. The molecule has 11 nitrogen and oxygen atoms in total. The molecule has 3 N–H and O–H groups in total. The van der Waals surface area contributed by atoms with Crippen LogP contribution in [0.25, 0.3) is 0 Å². The van der Waals surface area contributed by atoms with E-state index in [2.05, 4.69) is 0 Å². The van der Waals surface area contributed by atoms with Gasteiger partial charge in [-0.1, -0.05) is 51.1 Å². The van der Waals surface area contributed by atoms with E-state index in [9.17, 15) is 23.1 Å². The Morgan fingerprint density at radius 1 is 1.02 bits per heavy atom. The van der Waals surface area contributed by atoms with Gasteiger partial charge < -0.3 is 29.8 Å². The number of aliphatic hydroxyl groups is 1. The van der Waals surface area contributed by atoms with Crippen LogP contribution >= 0.6 is 0 Å². The average molecular weight is 701 g/mol.